The van der Waals surface area contributed by atoms with E-state index in [1.165, 1.54) is 0 Å². The largest absolute Gasteiger partial charge is 0.386 e. The van der Waals surface area contributed by atoms with Crippen LogP contribution in [-0.2, 0) is 6.42 Å². The van der Waals surface area contributed by atoms with Crippen LogP contribution in [0.15, 0.2) is 17.1 Å². The highest BCUT2D eigenvalue weighted by atomic mass is 32.1. The summed E-state index contributed by atoms with van der Waals surface area (Å²) < 4.78 is 0. The predicted octanol–water partition coefficient (Wildman–Crippen LogP) is 2.18. The Bertz CT molecular complexity index is 397. The molecule has 0 aliphatic rings. The second-order valence-electron chi connectivity index (χ2n) is 2.98. The first kappa shape index (κ1) is 9.76. The molecule has 0 fully saturated rings. The van der Waals surface area contributed by atoms with E-state index in [1.807, 2.05) is 12.3 Å². The first-order valence-corrected chi connectivity index (χ1v) is 5.99. The quantitative estimate of drug-likeness (QED) is 0.872. The number of aliphatic hydroxyl groups is 1. The maximum atomic E-state index is 9.83. The van der Waals surface area contributed by atoms with Crippen molar-refractivity contribution in [2.75, 3.05) is 0 Å². The number of aromatic nitrogens is 2. The Morgan fingerprint density at radius 2 is 2.36 bits per heavy atom. The van der Waals surface area contributed by atoms with Crippen LogP contribution in [-0.4, -0.2) is 15.1 Å². The molecule has 74 valence electrons. The van der Waals surface area contributed by atoms with Crippen molar-refractivity contribution in [3.05, 3.63) is 32.7 Å². The zero-order valence-corrected chi connectivity index (χ0v) is 9.31. The molecule has 14 heavy (non-hydrogen) atoms. The smallest absolute Gasteiger partial charge is 0.102 e. The van der Waals surface area contributed by atoms with E-state index in [4.69, 9.17) is 0 Å². The number of nitrogens with zero attached hydrogens (tertiary/aromatic N) is 2. The molecule has 0 aliphatic heterocycles. The molecule has 1 atom stereocenters. The second kappa shape index (κ2) is 4.16. The van der Waals surface area contributed by atoms with Gasteiger partial charge in [-0.15, -0.1) is 22.7 Å². The molecule has 0 aromatic carbocycles. The molecule has 1 N–H and O–H groups in total. The van der Waals surface area contributed by atoms with Crippen LogP contribution in [0.1, 0.15) is 21.7 Å². The van der Waals surface area contributed by atoms with Gasteiger partial charge in [-0.25, -0.2) is 4.98 Å². The maximum Gasteiger partial charge on any atom is 0.102 e. The van der Waals surface area contributed by atoms with Gasteiger partial charge in [-0.2, -0.15) is 0 Å². The fraction of sp³-hybridized carbons (Fsp3) is 0.333. The average molecular weight is 226 g/mol. The van der Waals surface area contributed by atoms with Crippen molar-refractivity contribution in [3.63, 3.8) is 0 Å². The topological polar surface area (TPSA) is 46.0 Å². The third kappa shape index (κ3) is 2.17. The van der Waals surface area contributed by atoms with E-state index in [-0.39, 0.29) is 0 Å². The predicted molar refractivity (Wildman–Crippen MR) is 57.6 cm³/mol. The Balaban J connectivity index is 2.06. The van der Waals surface area contributed by atoms with Gasteiger partial charge in [0.1, 0.15) is 6.10 Å². The summed E-state index contributed by atoms with van der Waals surface area (Å²) in [6.07, 6.45) is 1.89. The van der Waals surface area contributed by atoms with E-state index in [0.29, 0.717) is 6.42 Å². The zero-order valence-electron chi connectivity index (χ0n) is 7.67. The monoisotopic (exact) mass is 226 g/mol. The number of aliphatic hydroxyl groups excluding tert-OH is 1. The van der Waals surface area contributed by atoms with Crippen molar-refractivity contribution in [2.24, 2.45) is 0 Å². The Morgan fingerprint density at radius 1 is 1.50 bits per heavy atom. The van der Waals surface area contributed by atoms with E-state index < -0.39 is 6.10 Å². The molecule has 0 saturated heterocycles. The Kier molecular flexibility index (Phi) is 2.90. The van der Waals surface area contributed by atoms with Gasteiger partial charge < -0.3 is 5.11 Å². The first-order chi connectivity index (χ1) is 6.75. The standard InChI is InChI=1S/C9H10N2OS2/c1-6-11-8(4-13-6)9(12)2-7-3-10-5-14-7/h3-5,9,12H,2H2,1H3. The van der Waals surface area contributed by atoms with Crippen molar-refractivity contribution in [1.29, 1.82) is 0 Å². The van der Waals surface area contributed by atoms with E-state index >= 15 is 0 Å². The van der Waals surface area contributed by atoms with Gasteiger partial charge >= 0.3 is 0 Å². The van der Waals surface area contributed by atoms with Crippen LogP contribution in [0.25, 0.3) is 0 Å². The SMILES string of the molecule is Cc1nc(C(O)Cc2cncs2)cs1. The molecule has 2 rings (SSSR count). The van der Waals surface area contributed by atoms with Gasteiger partial charge in [-0.3, -0.25) is 4.98 Å². The molecular formula is C9H10N2OS2. The summed E-state index contributed by atoms with van der Waals surface area (Å²) in [6.45, 7) is 1.94. The summed E-state index contributed by atoms with van der Waals surface area (Å²) in [6, 6.07) is 0. The molecule has 0 amide bonds. The van der Waals surface area contributed by atoms with Gasteiger partial charge in [0.05, 0.1) is 16.2 Å². The van der Waals surface area contributed by atoms with Crippen molar-refractivity contribution in [3.8, 4) is 0 Å². The maximum absolute atomic E-state index is 9.83. The number of rotatable bonds is 3. The molecule has 0 radical (unpaired) electrons. The Hall–Kier alpha value is -0.780. The minimum absolute atomic E-state index is 0.500. The van der Waals surface area contributed by atoms with Crippen LogP contribution in [0, 0.1) is 6.92 Å². The lowest BCUT2D eigenvalue weighted by molar-refractivity contribution is 0.175. The minimum atomic E-state index is -0.500. The van der Waals surface area contributed by atoms with Crippen molar-refractivity contribution < 1.29 is 5.11 Å². The highest BCUT2D eigenvalue weighted by molar-refractivity contribution is 7.09. The van der Waals surface area contributed by atoms with Crippen molar-refractivity contribution in [1.82, 2.24) is 9.97 Å². The Morgan fingerprint density at radius 3 is 2.93 bits per heavy atom. The van der Waals surface area contributed by atoms with Crippen LogP contribution < -0.4 is 0 Å². The molecule has 1 unspecified atom stereocenters. The lowest BCUT2D eigenvalue weighted by atomic mass is 10.2. The fourth-order valence-electron chi connectivity index (χ4n) is 1.17. The summed E-state index contributed by atoms with van der Waals surface area (Å²) in [5.74, 6) is 0. The fourth-order valence-corrected chi connectivity index (χ4v) is 2.46. The van der Waals surface area contributed by atoms with Gasteiger partial charge in [0, 0.05) is 22.9 Å². The van der Waals surface area contributed by atoms with Crippen LogP contribution in [0.5, 0.6) is 0 Å². The highest BCUT2D eigenvalue weighted by Gasteiger charge is 2.12. The molecule has 2 aromatic heterocycles. The van der Waals surface area contributed by atoms with Crippen LogP contribution >= 0.6 is 22.7 Å². The van der Waals surface area contributed by atoms with Crippen molar-refractivity contribution >= 4 is 22.7 Å². The van der Waals surface area contributed by atoms with Gasteiger partial charge in [-0.05, 0) is 6.92 Å². The molecule has 5 heteroatoms. The van der Waals surface area contributed by atoms with Gasteiger partial charge in [0.2, 0.25) is 0 Å². The summed E-state index contributed by atoms with van der Waals surface area (Å²) in [4.78, 5) is 9.29. The zero-order chi connectivity index (χ0) is 9.97. The average Bonchev–Trinajstić information content (AvgIpc) is 2.75. The molecule has 0 spiro atoms. The van der Waals surface area contributed by atoms with Crippen LogP contribution in [0.3, 0.4) is 0 Å². The number of aryl methyl sites for hydroxylation is 1. The lowest BCUT2D eigenvalue weighted by Crippen LogP contribution is -2.00. The normalized spacial score (nSPS) is 13.0. The van der Waals surface area contributed by atoms with E-state index in [9.17, 15) is 5.11 Å². The van der Waals surface area contributed by atoms with Gasteiger partial charge in [0.15, 0.2) is 0 Å². The lowest BCUT2D eigenvalue weighted by Gasteiger charge is -2.04. The van der Waals surface area contributed by atoms with E-state index in [2.05, 4.69) is 9.97 Å². The Labute approximate surface area is 90.1 Å². The summed E-state index contributed by atoms with van der Waals surface area (Å²) >= 11 is 3.12. The molecule has 2 heterocycles. The highest BCUT2D eigenvalue weighted by Crippen LogP contribution is 2.21. The molecule has 0 aliphatic carbocycles. The molecule has 3 nitrogen and oxygen atoms in total. The van der Waals surface area contributed by atoms with Crippen LogP contribution in [0.4, 0.5) is 0 Å². The number of hydrogen-bond donors (Lipinski definition) is 1. The summed E-state index contributed by atoms with van der Waals surface area (Å²) in [7, 11) is 0. The van der Waals surface area contributed by atoms with Gasteiger partial charge in [0.25, 0.3) is 0 Å². The minimum Gasteiger partial charge on any atom is -0.386 e. The number of thiazole rings is 2. The first-order valence-electron chi connectivity index (χ1n) is 4.23. The second-order valence-corrected chi connectivity index (χ2v) is 5.01. The third-order valence-electron chi connectivity index (χ3n) is 1.86. The molecule has 0 saturated carbocycles. The van der Waals surface area contributed by atoms with Crippen molar-refractivity contribution in [2.45, 2.75) is 19.4 Å². The molecule has 2 aromatic rings. The molecular weight excluding hydrogens is 216 g/mol. The molecule has 0 bridgehead atoms. The van der Waals surface area contributed by atoms with E-state index in [0.717, 1.165) is 15.6 Å². The third-order valence-corrected chi connectivity index (χ3v) is 3.45. The summed E-state index contributed by atoms with van der Waals surface area (Å²) in [5, 5.41) is 12.7. The van der Waals surface area contributed by atoms with Crippen LogP contribution in [0.2, 0.25) is 0 Å². The van der Waals surface area contributed by atoms with E-state index in [1.54, 1.807) is 34.4 Å². The number of hydrogen-bond acceptors (Lipinski definition) is 5. The van der Waals surface area contributed by atoms with Gasteiger partial charge in [-0.1, -0.05) is 0 Å². The summed E-state index contributed by atoms with van der Waals surface area (Å²) in [5.41, 5.74) is 2.54.